The Balaban J connectivity index is 1.21. The summed E-state index contributed by atoms with van der Waals surface area (Å²) in [5.41, 5.74) is 5.52. The fourth-order valence-corrected chi connectivity index (χ4v) is 6.24. The van der Waals surface area contributed by atoms with Crippen LogP contribution in [0.15, 0.2) is 41.2 Å². The maximum Gasteiger partial charge on any atom is 0.255 e. The molecule has 4 heterocycles. The maximum absolute atomic E-state index is 13.3. The zero-order chi connectivity index (χ0) is 20.1. The molecule has 4 aliphatic rings. The van der Waals surface area contributed by atoms with Gasteiger partial charge in [0.1, 0.15) is 0 Å². The van der Waals surface area contributed by atoms with E-state index in [1.165, 1.54) is 36.1 Å². The summed E-state index contributed by atoms with van der Waals surface area (Å²) < 4.78 is 7.57. The Labute approximate surface area is 178 Å². The number of aromatic nitrogens is 1. The molecule has 2 aromatic rings. The Kier molecular flexibility index (Phi) is 4.78. The lowest BCUT2D eigenvalue weighted by Gasteiger charge is -2.45. The van der Waals surface area contributed by atoms with E-state index < -0.39 is 0 Å². The van der Waals surface area contributed by atoms with Crippen LogP contribution in [0.25, 0.3) is 0 Å². The number of rotatable bonds is 3. The van der Waals surface area contributed by atoms with Gasteiger partial charge in [-0.3, -0.25) is 14.6 Å². The molecular formula is C25H31N3O2. The number of morpholine rings is 1. The summed E-state index contributed by atoms with van der Waals surface area (Å²) in [5, 5.41) is 0. The first kappa shape index (κ1) is 18.8. The van der Waals surface area contributed by atoms with Gasteiger partial charge in [0.05, 0.1) is 13.2 Å². The van der Waals surface area contributed by atoms with Crippen LogP contribution in [0, 0.1) is 5.92 Å². The van der Waals surface area contributed by atoms with Crippen molar-refractivity contribution < 1.29 is 4.74 Å². The highest BCUT2D eigenvalue weighted by Gasteiger charge is 2.38. The average molecular weight is 406 g/mol. The third-order valence-corrected chi connectivity index (χ3v) is 7.75. The second-order valence-electron chi connectivity index (χ2n) is 9.67. The van der Waals surface area contributed by atoms with E-state index in [2.05, 4.69) is 50.8 Å². The van der Waals surface area contributed by atoms with E-state index in [0.717, 1.165) is 58.0 Å². The summed E-state index contributed by atoms with van der Waals surface area (Å²) in [6, 6.07) is 13.9. The van der Waals surface area contributed by atoms with E-state index in [1.54, 1.807) is 0 Å². The van der Waals surface area contributed by atoms with E-state index in [4.69, 9.17) is 4.74 Å². The minimum Gasteiger partial charge on any atom is -0.379 e. The van der Waals surface area contributed by atoms with Crippen LogP contribution in [0.1, 0.15) is 34.7 Å². The van der Waals surface area contributed by atoms with Gasteiger partial charge in [-0.05, 0) is 42.4 Å². The number of fused-ring (bicyclic) bond motifs is 5. The Morgan fingerprint density at radius 1 is 0.933 bits per heavy atom. The molecule has 5 nitrogen and oxygen atoms in total. The van der Waals surface area contributed by atoms with Gasteiger partial charge < -0.3 is 9.30 Å². The third-order valence-electron chi connectivity index (χ3n) is 7.75. The van der Waals surface area contributed by atoms with Gasteiger partial charge in [0.15, 0.2) is 0 Å². The van der Waals surface area contributed by atoms with Crippen molar-refractivity contribution in [1.29, 1.82) is 0 Å². The van der Waals surface area contributed by atoms with Gasteiger partial charge in [0.2, 0.25) is 0 Å². The number of piperidine rings is 1. The number of ether oxygens (including phenoxy) is 1. The van der Waals surface area contributed by atoms with Crippen LogP contribution in [0.2, 0.25) is 0 Å². The molecular weight excluding hydrogens is 374 g/mol. The Hall–Kier alpha value is -1.95. The molecule has 1 aromatic carbocycles. The lowest BCUT2D eigenvalue weighted by molar-refractivity contribution is 0.0338. The molecule has 2 fully saturated rings. The van der Waals surface area contributed by atoms with E-state index >= 15 is 0 Å². The molecule has 6 rings (SSSR count). The zero-order valence-electron chi connectivity index (χ0n) is 17.6. The van der Waals surface area contributed by atoms with Gasteiger partial charge in [-0.2, -0.15) is 0 Å². The molecule has 1 aliphatic carbocycles. The van der Waals surface area contributed by atoms with Crippen molar-refractivity contribution in [3.05, 3.63) is 69.1 Å². The second kappa shape index (κ2) is 7.63. The Morgan fingerprint density at radius 3 is 2.47 bits per heavy atom. The van der Waals surface area contributed by atoms with Crippen LogP contribution in [0.5, 0.6) is 0 Å². The van der Waals surface area contributed by atoms with Crippen LogP contribution in [-0.4, -0.2) is 59.8 Å². The van der Waals surface area contributed by atoms with Gasteiger partial charge in [0.25, 0.3) is 5.56 Å². The minimum absolute atomic E-state index is 0.246. The highest BCUT2D eigenvalue weighted by molar-refractivity contribution is 5.33. The first-order valence-corrected chi connectivity index (χ1v) is 11.6. The van der Waals surface area contributed by atoms with Crippen molar-refractivity contribution in [1.82, 2.24) is 14.4 Å². The van der Waals surface area contributed by atoms with Crippen molar-refractivity contribution in [2.24, 2.45) is 5.92 Å². The summed E-state index contributed by atoms with van der Waals surface area (Å²) in [4.78, 5) is 18.4. The maximum atomic E-state index is 13.3. The monoisotopic (exact) mass is 405 g/mol. The lowest BCUT2D eigenvalue weighted by Crippen LogP contribution is -2.51. The molecule has 3 aliphatic heterocycles. The molecule has 158 valence electrons. The normalized spacial score (nSPS) is 27.1. The van der Waals surface area contributed by atoms with Gasteiger partial charge >= 0.3 is 0 Å². The zero-order valence-corrected chi connectivity index (χ0v) is 17.6. The summed E-state index contributed by atoms with van der Waals surface area (Å²) in [5.74, 6) is 1.09. The quantitative estimate of drug-likeness (QED) is 0.785. The van der Waals surface area contributed by atoms with Crippen LogP contribution in [0.3, 0.4) is 0 Å². The van der Waals surface area contributed by atoms with Crippen LogP contribution >= 0.6 is 0 Å². The number of pyridine rings is 1. The first-order valence-electron chi connectivity index (χ1n) is 11.6. The largest absolute Gasteiger partial charge is 0.379 e. The predicted molar refractivity (Wildman–Crippen MR) is 117 cm³/mol. The van der Waals surface area contributed by atoms with E-state index in [-0.39, 0.29) is 5.56 Å². The number of hydrogen-bond acceptors (Lipinski definition) is 4. The standard InChI is InChI=1S/C25H31N3O2/c29-25-21(16-26-7-9-30-10-8-26)5-6-24-22-11-18(15-28(24)25)14-27(17-22)23-12-19-3-1-2-4-20(19)13-23/h1-6,18,22-23H,7-17H2/t18-,22+/m0/s1. The van der Waals surface area contributed by atoms with Crippen LogP contribution in [-0.2, 0) is 30.7 Å². The van der Waals surface area contributed by atoms with Crippen molar-refractivity contribution in [3.8, 4) is 0 Å². The molecule has 0 N–H and O–H groups in total. The fourth-order valence-electron chi connectivity index (χ4n) is 6.24. The summed E-state index contributed by atoms with van der Waals surface area (Å²) in [6.07, 6.45) is 3.60. The average Bonchev–Trinajstić information content (AvgIpc) is 3.21. The number of benzene rings is 1. The molecule has 0 radical (unpaired) electrons. The van der Waals surface area contributed by atoms with Crippen LogP contribution < -0.4 is 5.56 Å². The van der Waals surface area contributed by atoms with Gasteiger partial charge in [-0.25, -0.2) is 0 Å². The molecule has 2 atom stereocenters. The molecule has 0 unspecified atom stereocenters. The van der Waals surface area contributed by atoms with Crippen molar-refractivity contribution in [3.63, 3.8) is 0 Å². The van der Waals surface area contributed by atoms with Crippen LogP contribution in [0.4, 0.5) is 0 Å². The third kappa shape index (κ3) is 3.33. The van der Waals surface area contributed by atoms with Crippen molar-refractivity contribution in [2.45, 2.75) is 44.3 Å². The van der Waals surface area contributed by atoms with Crippen molar-refractivity contribution >= 4 is 0 Å². The van der Waals surface area contributed by atoms with Gasteiger partial charge in [-0.15, -0.1) is 0 Å². The molecule has 5 heteroatoms. The summed E-state index contributed by atoms with van der Waals surface area (Å²) in [6.45, 7) is 7.26. The molecule has 0 spiro atoms. The smallest absolute Gasteiger partial charge is 0.255 e. The minimum atomic E-state index is 0.246. The fraction of sp³-hybridized carbons (Fsp3) is 0.560. The molecule has 0 saturated carbocycles. The van der Waals surface area contributed by atoms with Gasteiger partial charge in [0, 0.05) is 62.5 Å². The predicted octanol–water partition coefficient (Wildman–Crippen LogP) is 2.27. The van der Waals surface area contributed by atoms with Gasteiger partial charge in [-0.1, -0.05) is 30.3 Å². The van der Waals surface area contributed by atoms with E-state index in [1.807, 2.05) is 0 Å². The summed E-state index contributed by atoms with van der Waals surface area (Å²) in [7, 11) is 0. The number of likely N-dealkylation sites (tertiary alicyclic amines) is 1. The molecule has 2 bridgehead atoms. The highest BCUT2D eigenvalue weighted by Crippen LogP contribution is 2.38. The highest BCUT2D eigenvalue weighted by atomic mass is 16.5. The van der Waals surface area contributed by atoms with Crippen molar-refractivity contribution in [2.75, 3.05) is 39.4 Å². The van der Waals surface area contributed by atoms with E-state index in [0.29, 0.717) is 17.9 Å². The Morgan fingerprint density at radius 2 is 1.70 bits per heavy atom. The second-order valence-corrected chi connectivity index (χ2v) is 9.67. The summed E-state index contributed by atoms with van der Waals surface area (Å²) >= 11 is 0. The Bertz CT molecular complexity index is 969. The first-order chi connectivity index (χ1) is 14.7. The molecule has 2 saturated heterocycles. The van der Waals surface area contributed by atoms with E-state index in [9.17, 15) is 4.79 Å². The number of nitrogens with zero attached hydrogens (tertiary/aromatic N) is 3. The molecule has 30 heavy (non-hydrogen) atoms. The number of hydrogen-bond donors (Lipinski definition) is 0. The molecule has 0 amide bonds. The lowest BCUT2D eigenvalue weighted by atomic mass is 9.82. The SMILES string of the molecule is O=c1c(CN2CCOCC2)ccc2n1C[C@H]1C[C@@H]2CN(C2Cc3ccccc3C2)C1. The molecule has 1 aromatic heterocycles. The topological polar surface area (TPSA) is 37.7 Å².